The normalized spacial score (nSPS) is 23.1. The highest BCUT2D eigenvalue weighted by Crippen LogP contribution is 2.23. The Morgan fingerprint density at radius 1 is 1.47 bits per heavy atom. The molecule has 0 saturated heterocycles. The van der Waals surface area contributed by atoms with Crippen molar-refractivity contribution in [1.29, 1.82) is 0 Å². The van der Waals surface area contributed by atoms with Gasteiger partial charge in [-0.2, -0.15) is 0 Å². The summed E-state index contributed by atoms with van der Waals surface area (Å²) in [6.07, 6.45) is 6.15. The zero-order valence-electron chi connectivity index (χ0n) is 11.1. The molecular formula is C14H19BrN2O2. The zero-order chi connectivity index (χ0) is 13.8. The molecule has 0 aliphatic heterocycles. The molecule has 104 valence electrons. The first-order chi connectivity index (χ1) is 9.04. The van der Waals surface area contributed by atoms with Crippen molar-refractivity contribution in [3.63, 3.8) is 0 Å². The summed E-state index contributed by atoms with van der Waals surface area (Å²) in [5.74, 6) is 0.590. The fraction of sp³-hybridized carbons (Fsp3) is 0.571. The number of halogens is 1. The van der Waals surface area contributed by atoms with Gasteiger partial charge >= 0.3 is 0 Å². The van der Waals surface area contributed by atoms with Gasteiger partial charge < -0.3 is 9.88 Å². The third-order valence-corrected chi connectivity index (χ3v) is 4.03. The van der Waals surface area contributed by atoms with Gasteiger partial charge in [0.15, 0.2) is 0 Å². The molecule has 1 heterocycles. The summed E-state index contributed by atoms with van der Waals surface area (Å²) in [5.41, 5.74) is -0.157. The molecule has 0 bridgehead atoms. The van der Waals surface area contributed by atoms with Crippen LogP contribution < -0.4 is 10.9 Å². The van der Waals surface area contributed by atoms with Gasteiger partial charge in [-0.25, -0.2) is 0 Å². The molecule has 1 aliphatic carbocycles. The summed E-state index contributed by atoms with van der Waals surface area (Å²) in [5, 5.41) is 3.03. The van der Waals surface area contributed by atoms with Crippen LogP contribution in [0.4, 0.5) is 0 Å². The van der Waals surface area contributed by atoms with Crippen LogP contribution in [0.3, 0.4) is 0 Å². The number of rotatable bonds is 3. The van der Waals surface area contributed by atoms with E-state index in [2.05, 4.69) is 28.2 Å². The van der Waals surface area contributed by atoms with Crippen LogP contribution in [0.1, 0.15) is 32.6 Å². The summed E-state index contributed by atoms with van der Waals surface area (Å²) < 4.78 is 2.22. The number of hydrogen-bond donors (Lipinski definition) is 1. The van der Waals surface area contributed by atoms with Crippen LogP contribution in [0.2, 0.25) is 0 Å². The lowest BCUT2D eigenvalue weighted by Gasteiger charge is -2.27. The summed E-state index contributed by atoms with van der Waals surface area (Å²) in [7, 11) is 0. The number of carbonyl (C=O) groups excluding carboxylic acids is 1. The quantitative estimate of drug-likeness (QED) is 0.926. The average molecular weight is 327 g/mol. The van der Waals surface area contributed by atoms with Crippen LogP contribution in [0.25, 0.3) is 0 Å². The second-order valence-electron chi connectivity index (χ2n) is 5.35. The van der Waals surface area contributed by atoms with E-state index in [0.29, 0.717) is 5.92 Å². The topological polar surface area (TPSA) is 51.1 Å². The number of nitrogens with one attached hydrogen (secondary N) is 1. The van der Waals surface area contributed by atoms with Crippen LogP contribution >= 0.6 is 15.9 Å². The molecule has 1 saturated carbocycles. The highest BCUT2D eigenvalue weighted by atomic mass is 79.9. The first kappa shape index (κ1) is 14.3. The van der Waals surface area contributed by atoms with Gasteiger partial charge in [0, 0.05) is 22.8 Å². The Morgan fingerprint density at radius 2 is 2.26 bits per heavy atom. The summed E-state index contributed by atoms with van der Waals surface area (Å²) >= 11 is 3.30. The maximum atomic E-state index is 12.0. The maximum Gasteiger partial charge on any atom is 0.251 e. The minimum absolute atomic E-state index is 0.0840. The molecule has 1 aromatic rings. The zero-order valence-corrected chi connectivity index (χ0v) is 12.6. The Labute approximate surface area is 121 Å². The Bertz CT molecular complexity index is 512. The van der Waals surface area contributed by atoms with Crippen molar-refractivity contribution in [2.24, 2.45) is 5.92 Å². The van der Waals surface area contributed by atoms with Crippen molar-refractivity contribution in [1.82, 2.24) is 9.88 Å². The van der Waals surface area contributed by atoms with Crippen LogP contribution in [0.5, 0.6) is 0 Å². The molecule has 1 aliphatic rings. The van der Waals surface area contributed by atoms with Crippen molar-refractivity contribution in [3.05, 3.63) is 33.2 Å². The number of carbonyl (C=O) groups is 1. The molecule has 1 fully saturated rings. The van der Waals surface area contributed by atoms with Gasteiger partial charge in [0.05, 0.1) is 0 Å². The lowest BCUT2D eigenvalue weighted by Crippen LogP contribution is -2.40. The second kappa shape index (κ2) is 6.37. The SMILES string of the molecule is CC1CCCC(NC(=O)Cn2cc(Br)ccc2=O)C1. The molecule has 0 spiro atoms. The Kier molecular flexibility index (Phi) is 4.80. The van der Waals surface area contributed by atoms with Gasteiger partial charge in [0.2, 0.25) is 5.91 Å². The standard InChI is InChI=1S/C14H19BrN2O2/c1-10-3-2-4-12(7-10)16-13(18)9-17-8-11(15)5-6-14(17)19/h5-6,8,10,12H,2-4,7,9H2,1H3,(H,16,18). The lowest BCUT2D eigenvalue weighted by atomic mass is 9.87. The van der Waals surface area contributed by atoms with Crippen LogP contribution in [0, 0.1) is 5.92 Å². The van der Waals surface area contributed by atoms with E-state index in [1.165, 1.54) is 23.5 Å². The molecule has 4 nitrogen and oxygen atoms in total. The Morgan fingerprint density at radius 3 is 3.00 bits per heavy atom. The molecular weight excluding hydrogens is 308 g/mol. The lowest BCUT2D eigenvalue weighted by molar-refractivity contribution is -0.122. The third kappa shape index (κ3) is 4.20. The van der Waals surface area contributed by atoms with Crippen molar-refractivity contribution in [2.75, 3.05) is 0 Å². The van der Waals surface area contributed by atoms with E-state index < -0.39 is 0 Å². The van der Waals surface area contributed by atoms with Gasteiger partial charge in [0.1, 0.15) is 6.54 Å². The predicted octanol–water partition coefficient (Wildman–Crippen LogP) is 2.31. The highest BCUT2D eigenvalue weighted by molar-refractivity contribution is 9.10. The van der Waals surface area contributed by atoms with E-state index in [0.717, 1.165) is 17.3 Å². The highest BCUT2D eigenvalue weighted by Gasteiger charge is 2.20. The van der Waals surface area contributed by atoms with Crippen LogP contribution in [-0.2, 0) is 11.3 Å². The monoisotopic (exact) mass is 326 g/mol. The number of hydrogen-bond acceptors (Lipinski definition) is 2. The minimum atomic E-state index is -0.157. The van der Waals surface area contributed by atoms with Crippen molar-refractivity contribution in [3.8, 4) is 0 Å². The van der Waals surface area contributed by atoms with Crippen molar-refractivity contribution in [2.45, 2.75) is 45.2 Å². The van der Waals surface area contributed by atoms with E-state index in [1.807, 2.05) is 0 Å². The van der Waals surface area contributed by atoms with E-state index in [1.54, 1.807) is 12.3 Å². The molecule has 19 heavy (non-hydrogen) atoms. The first-order valence-corrected chi connectivity index (χ1v) is 7.49. The molecule has 1 N–H and O–H groups in total. The molecule has 2 atom stereocenters. The van der Waals surface area contributed by atoms with E-state index in [9.17, 15) is 9.59 Å². The van der Waals surface area contributed by atoms with Crippen LogP contribution in [0.15, 0.2) is 27.6 Å². The van der Waals surface area contributed by atoms with E-state index >= 15 is 0 Å². The van der Waals surface area contributed by atoms with Gasteiger partial charge in [-0.1, -0.05) is 19.8 Å². The van der Waals surface area contributed by atoms with Crippen molar-refractivity contribution < 1.29 is 4.79 Å². The fourth-order valence-corrected chi connectivity index (χ4v) is 3.00. The minimum Gasteiger partial charge on any atom is -0.352 e. The maximum absolute atomic E-state index is 12.0. The predicted molar refractivity (Wildman–Crippen MR) is 78.0 cm³/mol. The summed E-state index contributed by atoms with van der Waals surface area (Å²) in [6, 6.07) is 3.40. The van der Waals surface area contributed by atoms with Gasteiger partial charge in [-0.15, -0.1) is 0 Å². The third-order valence-electron chi connectivity index (χ3n) is 3.56. The molecule has 1 aromatic heterocycles. The first-order valence-electron chi connectivity index (χ1n) is 6.70. The van der Waals surface area contributed by atoms with Gasteiger partial charge in [-0.3, -0.25) is 9.59 Å². The smallest absolute Gasteiger partial charge is 0.251 e. The number of pyridine rings is 1. The van der Waals surface area contributed by atoms with Crippen molar-refractivity contribution >= 4 is 21.8 Å². The van der Waals surface area contributed by atoms with E-state index in [-0.39, 0.29) is 24.1 Å². The molecule has 2 unspecified atom stereocenters. The molecule has 1 amide bonds. The fourth-order valence-electron chi connectivity index (χ4n) is 2.62. The van der Waals surface area contributed by atoms with E-state index in [4.69, 9.17) is 0 Å². The number of amides is 1. The molecule has 0 aromatic carbocycles. The van der Waals surface area contributed by atoms with Gasteiger partial charge in [-0.05, 0) is 40.8 Å². The average Bonchev–Trinajstić information content (AvgIpc) is 2.34. The Hall–Kier alpha value is -1.10. The number of aromatic nitrogens is 1. The summed E-state index contributed by atoms with van der Waals surface area (Å²) in [6.45, 7) is 2.31. The summed E-state index contributed by atoms with van der Waals surface area (Å²) in [4.78, 5) is 23.6. The largest absolute Gasteiger partial charge is 0.352 e. The number of nitrogens with zero attached hydrogens (tertiary/aromatic N) is 1. The Balaban J connectivity index is 1.94. The molecule has 0 radical (unpaired) electrons. The second-order valence-corrected chi connectivity index (χ2v) is 6.27. The molecule has 5 heteroatoms. The van der Waals surface area contributed by atoms with Crippen LogP contribution in [-0.4, -0.2) is 16.5 Å². The molecule has 2 rings (SSSR count). The van der Waals surface area contributed by atoms with Gasteiger partial charge in [0.25, 0.3) is 5.56 Å².